The van der Waals surface area contributed by atoms with Crippen LogP contribution in [0.5, 0.6) is 0 Å². The van der Waals surface area contributed by atoms with E-state index in [0.29, 0.717) is 5.88 Å². The molecular formula is C16H27N2O9PS. The van der Waals surface area contributed by atoms with E-state index in [1.54, 1.807) is 13.8 Å². The Morgan fingerprint density at radius 3 is 2.69 bits per heavy atom. The highest BCUT2D eigenvalue weighted by Crippen LogP contribution is 2.57. The molecule has 0 bridgehead atoms. The van der Waals surface area contributed by atoms with Crippen molar-refractivity contribution in [2.45, 2.75) is 44.6 Å². The van der Waals surface area contributed by atoms with Crippen molar-refractivity contribution in [3.8, 4) is 0 Å². The molecule has 4 atom stereocenters. The van der Waals surface area contributed by atoms with Crippen molar-refractivity contribution in [2.24, 2.45) is 5.41 Å². The highest BCUT2D eigenvalue weighted by Gasteiger charge is 2.49. The molecule has 0 aromatic carbocycles. The Bertz CT molecular complexity index is 675. The predicted molar refractivity (Wildman–Crippen MR) is 103 cm³/mol. The molecule has 2 aliphatic rings. The average Bonchev–Trinajstić information content (AvgIpc) is 3.09. The van der Waals surface area contributed by atoms with Gasteiger partial charge in [-0.3, -0.25) is 23.4 Å². The first-order valence-electron chi connectivity index (χ1n) is 9.01. The average molecular weight is 454 g/mol. The lowest BCUT2D eigenvalue weighted by molar-refractivity contribution is -0.155. The second kappa shape index (κ2) is 10.2. The van der Waals surface area contributed by atoms with Gasteiger partial charge in [0.15, 0.2) is 6.10 Å². The summed E-state index contributed by atoms with van der Waals surface area (Å²) >= 11 is 1.40. The normalized spacial score (nSPS) is 31.1. The number of ether oxygens (including phenoxy) is 2. The third-order valence-corrected chi connectivity index (χ3v) is 7.03. The van der Waals surface area contributed by atoms with E-state index in [1.807, 2.05) is 6.92 Å². The Labute approximate surface area is 173 Å². The van der Waals surface area contributed by atoms with Gasteiger partial charge in [-0.2, -0.15) is 0 Å². The summed E-state index contributed by atoms with van der Waals surface area (Å²) in [6.07, 6.45) is -1.16. The molecule has 2 heterocycles. The lowest BCUT2D eigenvalue weighted by atomic mass is 9.87. The molecule has 29 heavy (non-hydrogen) atoms. The number of nitrogens with one attached hydrogen (secondary N) is 2. The molecule has 0 aliphatic carbocycles. The summed E-state index contributed by atoms with van der Waals surface area (Å²) in [4.78, 5) is 35.6. The van der Waals surface area contributed by atoms with Gasteiger partial charge in [0, 0.05) is 23.9 Å². The van der Waals surface area contributed by atoms with Crippen LogP contribution in [0.4, 0.5) is 0 Å². The molecule has 1 amide bonds. The summed E-state index contributed by atoms with van der Waals surface area (Å²) in [5, 5.41) is 5.24. The molecule has 11 nitrogen and oxygen atoms in total. The minimum atomic E-state index is -4.12. The van der Waals surface area contributed by atoms with E-state index in [2.05, 4.69) is 15.4 Å². The molecule has 0 spiro atoms. The SMILES string of the molecule is COC(=O)CCNC(=O)[C@@H]1O[P@](=O)(OCOC(=O)C2SCNC2C)OCC1(C)C. The van der Waals surface area contributed by atoms with E-state index in [1.165, 1.54) is 18.9 Å². The Hall–Kier alpha value is -1.17. The maximum atomic E-state index is 12.7. The van der Waals surface area contributed by atoms with E-state index >= 15 is 0 Å². The summed E-state index contributed by atoms with van der Waals surface area (Å²) in [5.74, 6) is -0.911. The van der Waals surface area contributed by atoms with Crippen molar-refractivity contribution < 1.29 is 42.0 Å². The molecule has 13 heteroatoms. The molecule has 0 radical (unpaired) electrons. The zero-order valence-electron chi connectivity index (χ0n) is 16.8. The van der Waals surface area contributed by atoms with Crippen molar-refractivity contribution >= 4 is 37.4 Å². The maximum absolute atomic E-state index is 12.7. The van der Waals surface area contributed by atoms with Crippen molar-refractivity contribution in [3.05, 3.63) is 0 Å². The predicted octanol–water partition coefficient (Wildman–Crippen LogP) is 0.784. The molecule has 2 rings (SSSR count). The van der Waals surface area contributed by atoms with Crippen molar-refractivity contribution in [1.29, 1.82) is 0 Å². The van der Waals surface area contributed by atoms with Gasteiger partial charge in [0.05, 0.1) is 20.1 Å². The summed E-state index contributed by atoms with van der Waals surface area (Å²) in [6.45, 7) is 4.59. The molecule has 2 saturated heterocycles. The fourth-order valence-electron chi connectivity index (χ4n) is 2.60. The number of phosphoric ester groups is 1. The molecule has 2 aliphatic heterocycles. The van der Waals surface area contributed by atoms with E-state index in [9.17, 15) is 18.9 Å². The van der Waals surface area contributed by atoms with E-state index in [0.717, 1.165) is 0 Å². The Kier molecular flexibility index (Phi) is 8.50. The van der Waals surface area contributed by atoms with Crippen molar-refractivity contribution in [1.82, 2.24) is 10.6 Å². The van der Waals surface area contributed by atoms with Crippen LogP contribution in [0.2, 0.25) is 0 Å². The first kappa shape index (κ1) is 24.1. The molecule has 0 saturated carbocycles. The smallest absolute Gasteiger partial charge is 0.469 e. The topological polar surface area (TPSA) is 138 Å². The zero-order chi connectivity index (χ0) is 21.7. The minimum absolute atomic E-state index is 0.0114. The lowest BCUT2D eigenvalue weighted by Crippen LogP contribution is -2.50. The first-order valence-corrected chi connectivity index (χ1v) is 11.5. The van der Waals surface area contributed by atoms with Crippen LogP contribution >= 0.6 is 19.6 Å². The van der Waals surface area contributed by atoms with E-state index in [4.69, 9.17) is 18.3 Å². The third-order valence-electron chi connectivity index (χ3n) is 4.40. The number of amides is 1. The lowest BCUT2D eigenvalue weighted by Gasteiger charge is -2.39. The molecule has 166 valence electrons. The number of hydrogen-bond donors (Lipinski definition) is 2. The Morgan fingerprint density at radius 2 is 2.07 bits per heavy atom. The standard InChI is InChI=1S/C16H27N2O9PS/c1-10-12(29-8-18-10)15(21)24-9-26-28(22)25-7-16(2,3)13(27-28)14(20)17-6-5-11(19)23-4/h10,12-13,18H,5-9H2,1-4H3,(H,17,20)/t10?,12?,13-,28-/m0/s1. The summed E-state index contributed by atoms with van der Waals surface area (Å²) < 4.78 is 37.8. The summed E-state index contributed by atoms with van der Waals surface area (Å²) in [6, 6.07) is -0.0513. The largest absolute Gasteiger partial charge is 0.478 e. The van der Waals surface area contributed by atoms with Gasteiger partial charge in [0.2, 0.25) is 12.7 Å². The highest BCUT2D eigenvalue weighted by molar-refractivity contribution is 8.00. The molecule has 2 unspecified atom stereocenters. The van der Waals surface area contributed by atoms with E-state index in [-0.39, 0.29) is 30.9 Å². The van der Waals surface area contributed by atoms with Crippen LogP contribution in [0.25, 0.3) is 0 Å². The number of phosphoric acid groups is 1. The Balaban J connectivity index is 1.87. The maximum Gasteiger partial charge on any atom is 0.478 e. The molecule has 0 aromatic heterocycles. The van der Waals surface area contributed by atoms with Crippen LogP contribution in [-0.4, -0.2) is 68.2 Å². The molecule has 2 fully saturated rings. The minimum Gasteiger partial charge on any atom is -0.469 e. The number of thioether (sulfide) groups is 1. The van der Waals surface area contributed by atoms with Gasteiger partial charge in [-0.1, -0.05) is 13.8 Å². The van der Waals surface area contributed by atoms with Gasteiger partial charge in [0.1, 0.15) is 5.25 Å². The van der Waals surface area contributed by atoms with Crippen LogP contribution in [0.15, 0.2) is 0 Å². The quantitative estimate of drug-likeness (QED) is 0.306. The Morgan fingerprint density at radius 1 is 1.34 bits per heavy atom. The number of rotatable bonds is 8. The number of carbonyl (C=O) groups is 3. The van der Waals surface area contributed by atoms with Gasteiger partial charge in [-0.25, -0.2) is 9.09 Å². The molecule has 0 aromatic rings. The van der Waals surface area contributed by atoms with E-state index < -0.39 is 44.0 Å². The third kappa shape index (κ3) is 6.66. The van der Waals surface area contributed by atoms with Crippen LogP contribution < -0.4 is 10.6 Å². The van der Waals surface area contributed by atoms with Crippen molar-refractivity contribution in [3.63, 3.8) is 0 Å². The summed E-state index contributed by atoms with van der Waals surface area (Å²) in [7, 11) is -2.87. The number of carbonyl (C=O) groups excluding carboxylic acids is 3. The van der Waals surface area contributed by atoms with Crippen LogP contribution in [0, 0.1) is 5.41 Å². The number of hydrogen-bond acceptors (Lipinski definition) is 11. The van der Waals surface area contributed by atoms with Crippen LogP contribution in [-0.2, 0) is 42.0 Å². The molecular weight excluding hydrogens is 427 g/mol. The summed E-state index contributed by atoms with van der Waals surface area (Å²) in [5.41, 5.74) is -0.801. The number of esters is 2. The fourth-order valence-corrected chi connectivity index (χ4v) is 5.24. The van der Waals surface area contributed by atoms with Gasteiger partial charge in [0.25, 0.3) is 0 Å². The molecule has 2 N–H and O–H groups in total. The van der Waals surface area contributed by atoms with Gasteiger partial charge >= 0.3 is 19.8 Å². The van der Waals surface area contributed by atoms with Gasteiger partial charge in [-0.05, 0) is 6.92 Å². The fraction of sp³-hybridized carbons (Fsp3) is 0.812. The monoisotopic (exact) mass is 454 g/mol. The van der Waals surface area contributed by atoms with Crippen LogP contribution in [0.1, 0.15) is 27.2 Å². The second-order valence-corrected chi connectivity index (χ2v) is 10.00. The number of methoxy groups -OCH3 is 1. The second-order valence-electron chi connectivity index (χ2n) is 7.25. The van der Waals surface area contributed by atoms with Gasteiger partial charge < -0.3 is 20.1 Å². The van der Waals surface area contributed by atoms with Crippen LogP contribution in [0.3, 0.4) is 0 Å². The van der Waals surface area contributed by atoms with Gasteiger partial charge in [-0.15, -0.1) is 11.8 Å². The first-order chi connectivity index (χ1) is 13.6. The highest BCUT2D eigenvalue weighted by atomic mass is 32.2. The zero-order valence-corrected chi connectivity index (χ0v) is 18.5. The van der Waals surface area contributed by atoms with Crippen molar-refractivity contribution in [2.75, 3.05) is 32.9 Å².